The van der Waals surface area contributed by atoms with Crippen molar-refractivity contribution < 1.29 is 4.42 Å². The first-order valence-electron chi connectivity index (χ1n) is 7.67. The molecule has 0 fully saturated rings. The van der Waals surface area contributed by atoms with E-state index in [-0.39, 0.29) is 0 Å². The number of rotatable bonds is 1. The molecule has 0 saturated carbocycles. The van der Waals surface area contributed by atoms with Crippen LogP contribution in [0.15, 0.2) is 65.2 Å². The van der Waals surface area contributed by atoms with Crippen molar-refractivity contribution in [3.8, 4) is 0 Å². The van der Waals surface area contributed by atoms with E-state index in [1.807, 2.05) is 30.5 Å². The van der Waals surface area contributed by atoms with E-state index in [2.05, 4.69) is 52.2 Å². The minimum Gasteiger partial charge on any atom is -0.454 e. The van der Waals surface area contributed by atoms with Gasteiger partial charge in [0.05, 0.1) is 18.0 Å². The standard InChI is InChI=1S/C19H15N3O/c1-21-12-22(19-16(21)9-5-11-20-19)15-8-4-7-14-13-6-2-3-10-17(13)23-18(14)15/h2-11H,12H2,1H3. The molecule has 5 rings (SSSR count). The summed E-state index contributed by atoms with van der Waals surface area (Å²) < 4.78 is 6.16. The van der Waals surface area contributed by atoms with Crippen molar-refractivity contribution >= 4 is 39.1 Å². The number of aromatic nitrogens is 1. The van der Waals surface area contributed by atoms with Crippen LogP contribution in [0.25, 0.3) is 21.9 Å². The van der Waals surface area contributed by atoms with Gasteiger partial charge in [0, 0.05) is 24.0 Å². The predicted octanol–water partition coefficient (Wildman–Crippen LogP) is 4.53. The molecule has 2 aromatic carbocycles. The summed E-state index contributed by atoms with van der Waals surface area (Å²) in [7, 11) is 2.08. The third-order valence-corrected chi connectivity index (χ3v) is 4.46. The zero-order valence-electron chi connectivity index (χ0n) is 12.7. The van der Waals surface area contributed by atoms with E-state index in [1.165, 1.54) is 0 Å². The molecule has 0 atom stereocenters. The highest BCUT2D eigenvalue weighted by Gasteiger charge is 2.27. The zero-order chi connectivity index (χ0) is 15.4. The van der Waals surface area contributed by atoms with Gasteiger partial charge in [-0.05, 0) is 24.3 Å². The fourth-order valence-corrected chi connectivity index (χ4v) is 3.38. The fraction of sp³-hybridized carbons (Fsp3) is 0.105. The van der Waals surface area contributed by atoms with Crippen LogP contribution in [0.3, 0.4) is 0 Å². The van der Waals surface area contributed by atoms with E-state index < -0.39 is 0 Å². The number of para-hydroxylation sites is 2. The maximum absolute atomic E-state index is 6.16. The Bertz CT molecular complexity index is 1040. The lowest BCUT2D eigenvalue weighted by molar-refractivity contribution is 0.668. The van der Waals surface area contributed by atoms with Crippen molar-refractivity contribution in [2.75, 3.05) is 23.5 Å². The second-order valence-electron chi connectivity index (χ2n) is 5.87. The molecular formula is C19H15N3O. The molecule has 0 spiro atoms. The Morgan fingerprint density at radius 3 is 2.70 bits per heavy atom. The van der Waals surface area contributed by atoms with Gasteiger partial charge in [0.2, 0.25) is 0 Å². The normalized spacial score (nSPS) is 14.0. The molecule has 0 bridgehead atoms. The summed E-state index contributed by atoms with van der Waals surface area (Å²) in [5.41, 5.74) is 4.04. The number of benzene rings is 2. The molecule has 0 aliphatic carbocycles. The second kappa shape index (κ2) is 4.49. The molecule has 4 aromatic rings. The molecule has 1 aliphatic heterocycles. The zero-order valence-corrected chi connectivity index (χ0v) is 12.7. The van der Waals surface area contributed by atoms with E-state index >= 15 is 0 Å². The van der Waals surface area contributed by atoms with E-state index in [0.29, 0.717) is 0 Å². The molecule has 0 amide bonds. The Morgan fingerprint density at radius 1 is 0.913 bits per heavy atom. The quantitative estimate of drug-likeness (QED) is 0.517. The first kappa shape index (κ1) is 12.5. The van der Waals surface area contributed by atoms with E-state index in [1.54, 1.807) is 0 Å². The van der Waals surface area contributed by atoms with Gasteiger partial charge in [-0.1, -0.05) is 30.3 Å². The van der Waals surface area contributed by atoms with Crippen molar-refractivity contribution in [2.24, 2.45) is 0 Å². The van der Waals surface area contributed by atoms with E-state index in [9.17, 15) is 0 Å². The van der Waals surface area contributed by atoms with Gasteiger partial charge in [0.25, 0.3) is 0 Å². The van der Waals surface area contributed by atoms with Gasteiger partial charge in [-0.2, -0.15) is 0 Å². The first-order valence-corrected chi connectivity index (χ1v) is 7.67. The summed E-state index contributed by atoms with van der Waals surface area (Å²) in [5.74, 6) is 0.975. The lowest BCUT2D eigenvalue weighted by Crippen LogP contribution is -2.24. The van der Waals surface area contributed by atoms with Gasteiger partial charge in [-0.15, -0.1) is 0 Å². The number of fused-ring (bicyclic) bond motifs is 4. The van der Waals surface area contributed by atoms with Crippen LogP contribution < -0.4 is 9.80 Å². The van der Waals surface area contributed by atoms with Gasteiger partial charge in [-0.25, -0.2) is 4.98 Å². The van der Waals surface area contributed by atoms with Gasteiger partial charge in [0.15, 0.2) is 11.4 Å². The highest BCUT2D eigenvalue weighted by Crippen LogP contribution is 2.42. The molecule has 3 heterocycles. The van der Waals surface area contributed by atoms with Crippen molar-refractivity contribution in [1.82, 2.24) is 4.98 Å². The van der Waals surface area contributed by atoms with Crippen LogP contribution in [0.5, 0.6) is 0 Å². The maximum Gasteiger partial charge on any atom is 0.159 e. The number of nitrogens with zero attached hydrogens (tertiary/aromatic N) is 3. The molecule has 1 aliphatic rings. The molecule has 0 radical (unpaired) electrons. The number of furan rings is 1. The Labute approximate surface area is 133 Å². The fourth-order valence-electron chi connectivity index (χ4n) is 3.38. The monoisotopic (exact) mass is 301 g/mol. The average Bonchev–Trinajstić information content (AvgIpc) is 3.13. The second-order valence-corrected chi connectivity index (χ2v) is 5.87. The van der Waals surface area contributed by atoms with Crippen LogP contribution in [0, 0.1) is 0 Å². The largest absolute Gasteiger partial charge is 0.454 e. The summed E-state index contributed by atoms with van der Waals surface area (Å²) >= 11 is 0. The Hall–Kier alpha value is -3.01. The van der Waals surface area contributed by atoms with Gasteiger partial charge >= 0.3 is 0 Å². The number of hydrogen-bond acceptors (Lipinski definition) is 4. The van der Waals surface area contributed by atoms with Crippen molar-refractivity contribution in [1.29, 1.82) is 0 Å². The molecule has 0 N–H and O–H groups in total. The summed E-state index contributed by atoms with van der Waals surface area (Å²) in [4.78, 5) is 8.98. The minimum absolute atomic E-state index is 0.766. The smallest absolute Gasteiger partial charge is 0.159 e. The van der Waals surface area contributed by atoms with Gasteiger partial charge in [0.1, 0.15) is 5.58 Å². The molecule has 4 heteroatoms. The Morgan fingerprint density at radius 2 is 1.74 bits per heavy atom. The summed E-state index contributed by atoms with van der Waals surface area (Å²) in [5, 5.41) is 2.29. The number of hydrogen-bond donors (Lipinski definition) is 0. The molecule has 0 unspecified atom stereocenters. The number of pyridine rings is 1. The van der Waals surface area contributed by atoms with Crippen LogP contribution in [0.1, 0.15) is 0 Å². The third kappa shape index (κ3) is 1.69. The van der Waals surface area contributed by atoms with Gasteiger partial charge in [-0.3, -0.25) is 0 Å². The lowest BCUT2D eigenvalue weighted by Gasteiger charge is -2.18. The SMILES string of the molecule is CN1CN(c2cccc3c2oc2ccccc23)c2ncccc21. The summed E-state index contributed by atoms with van der Waals surface area (Å²) in [6.45, 7) is 0.766. The topological polar surface area (TPSA) is 32.5 Å². The average molecular weight is 301 g/mol. The van der Waals surface area contributed by atoms with E-state index in [0.717, 1.165) is 45.8 Å². The minimum atomic E-state index is 0.766. The van der Waals surface area contributed by atoms with Gasteiger partial charge < -0.3 is 14.2 Å². The molecule has 4 nitrogen and oxygen atoms in total. The molecule has 23 heavy (non-hydrogen) atoms. The van der Waals surface area contributed by atoms with Crippen LogP contribution in [-0.4, -0.2) is 18.7 Å². The number of anilines is 3. The van der Waals surface area contributed by atoms with Crippen LogP contribution in [0.2, 0.25) is 0 Å². The lowest BCUT2D eigenvalue weighted by atomic mass is 10.1. The first-order chi connectivity index (χ1) is 11.3. The van der Waals surface area contributed by atoms with Crippen LogP contribution >= 0.6 is 0 Å². The Kier molecular flexibility index (Phi) is 2.45. The van der Waals surface area contributed by atoms with Crippen molar-refractivity contribution in [2.45, 2.75) is 0 Å². The van der Waals surface area contributed by atoms with Crippen LogP contribution in [0.4, 0.5) is 17.2 Å². The predicted molar refractivity (Wildman–Crippen MR) is 93.4 cm³/mol. The summed E-state index contributed by atoms with van der Waals surface area (Å²) in [6.07, 6.45) is 1.84. The summed E-state index contributed by atoms with van der Waals surface area (Å²) in [6, 6.07) is 18.5. The molecular weight excluding hydrogens is 286 g/mol. The molecule has 0 saturated heterocycles. The highest BCUT2D eigenvalue weighted by molar-refractivity contribution is 6.09. The maximum atomic E-state index is 6.16. The highest BCUT2D eigenvalue weighted by atomic mass is 16.3. The van der Waals surface area contributed by atoms with Crippen molar-refractivity contribution in [3.63, 3.8) is 0 Å². The van der Waals surface area contributed by atoms with Crippen LogP contribution in [-0.2, 0) is 0 Å². The molecule has 112 valence electrons. The molecule has 2 aromatic heterocycles. The van der Waals surface area contributed by atoms with Crippen molar-refractivity contribution in [3.05, 3.63) is 60.8 Å². The Balaban J connectivity index is 1.79. The van der Waals surface area contributed by atoms with E-state index in [4.69, 9.17) is 4.42 Å². The third-order valence-electron chi connectivity index (χ3n) is 4.46.